The van der Waals surface area contributed by atoms with Crippen molar-refractivity contribution in [1.29, 1.82) is 0 Å². The summed E-state index contributed by atoms with van der Waals surface area (Å²) in [6, 6.07) is 8.43. The lowest BCUT2D eigenvalue weighted by molar-refractivity contribution is -0.0566. The van der Waals surface area contributed by atoms with Gasteiger partial charge >= 0.3 is 0 Å². The molecule has 2 aliphatic heterocycles. The second kappa shape index (κ2) is 11.1. The quantitative estimate of drug-likeness (QED) is 0.313. The molecule has 3 rings (SSSR count). The number of methoxy groups -OCH3 is 1. The molecule has 0 aliphatic carbocycles. The van der Waals surface area contributed by atoms with Gasteiger partial charge in [0.2, 0.25) is 0 Å². The highest BCUT2D eigenvalue weighted by Gasteiger charge is 2.30. The van der Waals surface area contributed by atoms with Gasteiger partial charge < -0.3 is 30.1 Å². The molecule has 1 aromatic rings. The molecule has 1 atom stereocenters. The van der Waals surface area contributed by atoms with Gasteiger partial charge in [-0.15, -0.1) is 24.0 Å². The number of anilines is 1. The second-order valence-electron chi connectivity index (χ2n) is 7.28. The fourth-order valence-electron chi connectivity index (χ4n) is 3.64. The minimum atomic E-state index is -0.750. The van der Waals surface area contributed by atoms with Crippen LogP contribution in [0.3, 0.4) is 0 Å². The van der Waals surface area contributed by atoms with Gasteiger partial charge in [0.05, 0.1) is 24.9 Å². The van der Waals surface area contributed by atoms with Crippen LogP contribution in [-0.2, 0) is 4.74 Å². The van der Waals surface area contributed by atoms with Crippen LogP contribution in [0.5, 0.6) is 5.75 Å². The predicted molar refractivity (Wildman–Crippen MR) is 123 cm³/mol. The smallest absolute Gasteiger partial charge is 0.191 e. The zero-order valence-electron chi connectivity index (χ0n) is 16.8. The molecule has 7 nitrogen and oxygen atoms in total. The van der Waals surface area contributed by atoms with E-state index in [0.29, 0.717) is 38.6 Å². The Bertz CT molecular complexity index is 638. The first kappa shape index (κ1) is 23.0. The van der Waals surface area contributed by atoms with Crippen LogP contribution in [0.1, 0.15) is 26.2 Å². The molecule has 2 fully saturated rings. The highest BCUT2D eigenvalue weighted by molar-refractivity contribution is 14.0. The lowest BCUT2D eigenvalue weighted by Gasteiger charge is -2.30. The third kappa shape index (κ3) is 6.12. The fourth-order valence-corrected chi connectivity index (χ4v) is 3.64. The van der Waals surface area contributed by atoms with Crippen LogP contribution in [-0.4, -0.2) is 69.2 Å². The first-order valence-corrected chi connectivity index (χ1v) is 9.86. The normalized spacial score (nSPS) is 21.8. The average molecular weight is 504 g/mol. The lowest BCUT2D eigenvalue weighted by Crippen LogP contribution is -2.46. The fraction of sp³-hybridized carbons (Fsp3) is 0.650. The molecule has 28 heavy (non-hydrogen) atoms. The molecule has 0 amide bonds. The number of benzene rings is 1. The van der Waals surface area contributed by atoms with Crippen molar-refractivity contribution in [2.75, 3.05) is 51.4 Å². The van der Waals surface area contributed by atoms with Crippen molar-refractivity contribution in [3.05, 3.63) is 24.3 Å². The number of hydrogen-bond donors (Lipinski definition) is 3. The van der Waals surface area contributed by atoms with E-state index in [1.807, 2.05) is 18.2 Å². The number of nitrogens with zero attached hydrogens (tertiary/aromatic N) is 2. The van der Waals surface area contributed by atoms with E-state index in [0.717, 1.165) is 43.5 Å². The summed E-state index contributed by atoms with van der Waals surface area (Å²) in [5, 5.41) is 17.5. The summed E-state index contributed by atoms with van der Waals surface area (Å²) in [6.07, 6.45) is 2.31. The molecule has 0 spiro atoms. The van der Waals surface area contributed by atoms with E-state index in [-0.39, 0.29) is 24.0 Å². The number of aliphatic hydroxyl groups is 1. The summed E-state index contributed by atoms with van der Waals surface area (Å²) in [4.78, 5) is 6.99. The standard InChI is InChI=1S/C20H32N4O3.HI/c1-3-21-19(22-15-20(25)9-12-27-13-10-20)23-16-8-11-24(14-16)17-6-4-5-7-18(17)26-2;/h4-7,16,25H,3,8-15H2,1-2H3,(H2,21,22,23);1H. The van der Waals surface area contributed by atoms with Crippen LogP contribution in [0, 0.1) is 0 Å². The molecule has 0 radical (unpaired) electrons. The average Bonchev–Trinajstić information content (AvgIpc) is 3.15. The molecule has 1 aromatic carbocycles. The number of rotatable bonds is 6. The van der Waals surface area contributed by atoms with Crippen molar-refractivity contribution >= 4 is 35.6 Å². The second-order valence-corrected chi connectivity index (χ2v) is 7.28. The molecule has 8 heteroatoms. The molecule has 0 bridgehead atoms. The molecule has 2 heterocycles. The third-order valence-corrected chi connectivity index (χ3v) is 5.25. The van der Waals surface area contributed by atoms with E-state index in [4.69, 9.17) is 9.47 Å². The number of nitrogens with one attached hydrogen (secondary N) is 2. The lowest BCUT2D eigenvalue weighted by atomic mass is 9.95. The molecule has 0 saturated carbocycles. The molecule has 1 unspecified atom stereocenters. The molecule has 0 aromatic heterocycles. The van der Waals surface area contributed by atoms with E-state index in [1.54, 1.807) is 7.11 Å². The highest BCUT2D eigenvalue weighted by atomic mass is 127. The van der Waals surface area contributed by atoms with Crippen LogP contribution in [0.15, 0.2) is 29.3 Å². The molecular weight excluding hydrogens is 471 g/mol. The Morgan fingerprint density at radius 1 is 1.36 bits per heavy atom. The predicted octanol–water partition coefficient (Wildman–Crippen LogP) is 1.99. The summed E-state index contributed by atoms with van der Waals surface area (Å²) in [6.45, 7) is 6.31. The van der Waals surface area contributed by atoms with Crippen LogP contribution in [0.2, 0.25) is 0 Å². The number of hydrogen-bond acceptors (Lipinski definition) is 5. The third-order valence-electron chi connectivity index (χ3n) is 5.25. The van der Waals surface area contributed by atoms with Crippen molar-refractivity contribution in [1.82, 2.24) is 10.6 Å². The SMILES string of the molecule is CCNC(=NCC1(O)CCOCC1)NC1CCN(c2ccccc2OC)C1.I. The van der Waals surface area contributed by atoms with Crippen LogP contribution >= 0.6 is 24.0 Å². The summed E-state index contributed by atoms with van der Waals surface area (Å²) >= 11 is 0. The molecular formula is C20H33IN4O3. The Hall–Kier alpha value is -1.26. The number of ether oxygens (including phenoxy) is 2. The summed E-state index contributed by atoms with van der Waals surface area (Å²) in [5.41, 5.74) is 0.377. The Morgan fingerprint density at radius 2 is 2.11 bits per heavy atom. The van der Waals surface area contributed by atoms with Crippen LogP contribution < -0.4 is 20.3 Å². The van der Waals surface area contributed by atoms with Gasteiger partial charge in [0.15, 0.2) is 5.96 Å². The van der Waals surface area contributed by atoms with Gasteiger partial charge in [-0.1, -0.05) is 12.1 Å². The van der Waals surface area contributed by atoms with Crippen molar-refractivity contribution in [3.63, 3.8) is 0 Å². The first-order valence-electron chi connectivity index (χ1n) is 9.86. The molecule has 3 N–H and O–H groups in total. The maximum Gasteiger partial charge on any atom is 0.191 e. The van der Waals surface area contributed by atoms with Gasteiger partial charge in [-0.25, -0.2) is 0 Å². The summed E-state index contributed by atoms with van der Waals surface area (Å²) < 4.78 is 10.8. The van der Waals surface area contributed by atoms with E-state index >= 15 is 0 Å². The number of aliphatic imine (C=N–C) groups is 1. The summed E-state index contributed by atoms with van der Waals surface area (Å²) in [5.74, 6) is 1.67. The Morgan fingerprint density at radius 3 is 2.82 bits per heavy atom. The van der Waals surface area contributed by atoms with E-state index in [9.17, 15) is 5.11 Å². The van der Waals surface area contributed by atoms with E-state index in [2.05, 4.69) is 33.5 Å². The van der Waals surface area contributed by atoms with Crippen LogP contribution in [0.25, 0.3) is 0 Å². The van der Waals surface area contributed by atoms with Gasteiger partial charge in [0.25, 0.3) is 0 Å². The topological polar surface area (TPSA) is 78.4 Å². The number of guanidine groups is 1. The molecule has 2 saturated heterocycles. The highest BCUT2D eigenvalue weighted by Crippen LogP contribution is 2.30. The first-order chi connectivity index (χ1) is 13.1. The maximum atomic E-state index is 10.6. The number of halogens is 1. The van der Waals surface area contributed by atoms with Gasteiger partial charge in [-0.2, -0.15) is 0 Å². The van der Waals surface area contributed by atoms with E-state index in [1.165, 1.54) is 0 Å². The van der Waals surface area contributed by atoms with Gasteiger partial charge in [-0.3, -0.25) is 4.99 Å². The zero-order chi connectivity index (χ0) is 19.1. The minimum absolute atomic E-state index is 0. The molecule has 158 valence electrons. The van der Waals surface area contributed by atoms with Crippen molar-refractivity contribution in [2.45, 2.75) is 37.8 Å². The van der Waals surface area contributed by atoms with Crippen LogP contribution in [0.4, 0.5) is 5.69 Å². The van der Waals surface area contributed by atoms with Gasteiger partial charge in [-0.05, 0) is 25.5 Å². The Kier molecular flexibility index (Phi) is 9.10. The number of para-hydroxylation sites is 2. The monoisotopic (exact) mass is 504 g/mol. The zero-order valence-corrected chi connectivity index (χ0v) is 19.1. The molecule has 2 aliphatic rings. The Balaban J connectivity index is 0.00000280. The van der Waals surface area contributed by atoms with E-state index < -0.39 is 5.60 Å². The largest absolute Gasteiger partial charge is 0.495 e. The summed E-state index contributed by atoms with van der Waals surface area (Å²) in [7, 11) is 1.71. The minimum Gasteiger partial charge on any atom is -0.495 e. The maximum absolute atomic E-state index is 10.6. The van der Waals surface area contributed by atoms with Gasteiger partial charge in [0.1, 0.15) is 5.75 Å². The Labute approximate surface area is 184 Å². The van der Waals surface area contributed by atoms with Crippen molar-refractivity contribution < 1.29 is 14.6 Å². The van der Waals surface area contributed by atoms with Crippen molar-refractivity contribution in [3.8, 4) is 5.75 Å². The van der Waals surface area contributed by atoms with Gasteiger partial charge in [0, 0.05) is 51.7 Å². The van der Waals surface area contributed by atoms with Crippen molar-refractivity contribution in [2.24, 2.45) is 4.99 Å².